The van der Waals surface area contributed by atoms with Gasteiger partial charge in [-0.3, -0.25) is 14.9 Å². The molecule has 0 saturated carbocycles. The highest BCUT2D eigenvalue weighted by atomic mass is 16.6. The van der Waals surface area contributed by atoms with Gasteiger partial charge in [-0.1, -0.05) is 0 Å². The van der Waals surface area contributed by atoms with Crippen LogP contribution in [0.3, 0.4) is 0 Å². The normalized spacial score (nSPS) is 9.57. The Bertz CT molecular complexity index is 387. The molecule has 0 heterocycles. The van der Waals surface area contributed by atoms with Crippen molar-refractivity contribution in [3.05, 3.63) is 33.4 Å². The summed E-state index contributed by atoms with van der Waals surface area (Å²) in [5, 5.41) is 10.6. The summed E-state index contributed by atoms with van der Waals surface area (Å²) in [4.78, 5) is 20.6. The van der Waals surface area contributed by atoms with Crippen LogP contribution in [0.1, 0.15) is 15.9 Å². The number of methoxy groups -OCH3 is 1. The van der Waals surface area contributed by atoms with Crippen molar-refractivity contribution in [3.63, 3.8) is 0 Å². The monoisotopic (exact) mass is 195 g/mol. The Morgan fingerprint density at radius 2 is 2.14 bits per heavy atom. The van der Waals surface area contributed by atoms with Gasteiger partial charge in [-0.05, 0) is 13.0 Å². The molecule has 0 aromatic heterocycles. The molecule has 0 aliphatic rings. The number of rotatable bonds is 3. The van der Waals surface area contributed by atoms with Crippen LogP contribution < -0.4 is 4.74 Å². The fourth-order valence-corrected chi connectivity index (χ4v) is 1.26. The van der Waals surface area contributed by atoms with E-state index in [4.69, 9.17) is 4.74 Å². The van der Waals surface area contributed by atoms with Crippen molar-refractivity contribution in [2.45, 2.75) is 6.92 Å². The maximum absolute atomic E-state index is 10.6. The van der Waals surface area contributed by atoms with Gasteiger partial charge < -0.3 is 4.74 Å². The zero-order valence-corrected chi connectivity index (χ0v) is 7.81. The Balaban J connectivity index is 3.42. The van der Waals surface area contributed by atoms with Gasteiger partial charge in [-0.15, -0.1) is 0 Å². The fraction of sp³-hybridized carbons (Fsp3) is 0.222. The van der Waals surface area contributed by atoms with Crippen LogP contribution in [-0.2, 0) is 0 Å². The van der Waals surface area contributed by atoms with Crippen LogP contribution in [0.4, 0.5) is 5.69 Å². The van der Waals surface area contributed by atoms with Gasteiger partial charge in [0, 0.05) is 6.07 Å². The van der Waals surface area contributed by atoms with Gasteiger partial charge in [0.25, 0.3) is 5.69 Å². The second kappa shape index (κ2) is 3.87. The lowest BCUT2D eigenvalue weighted by atomic mass is 10.1. The molecule has 5 heteroatoms. The lowest BCUT2D eigenvalue weighted by Gasteiger charge is -2.06. The highest BCUT2D eigenvalue weighted by Crippen LogP contribution is 2.29. The molecule has 1 aromatic rings. The van der Waals surface area contributed by atoms with E-state index in [9.17, 15) is 14.9 Å². The molecule has 0 radical (unpaired) electrons. The summed E-state index contributed by atoms with van der Waals surface area (Å²) in [6, 6.07) is 2.67. The van der Waals surface area contributed by atoms with Gasteiger partial charge in [0.05, 0.1) is 23.2 Å². The number of ether oxygens (including phenoxy) is 1. The predicted molar refractivity (Wildman–Crippen MR) is 49.8 cm³/mol. The zero-order valence-electron chi connectivity index (χ0n) is 7.81. The fourth-order valence-electron chi connectivity index (χ4n) is 1.26. The smallest absolute Gasteiger partial charge is 0.276 e. The van der Waals surface area contributed by atoms with Gasteiger partial charge in [-0.2, -0.15) is 0 Å². The average molecular weight is 195 g/mol. The number of hydrogen-bond donors (Lipinski definition) is 0. The molecular weight excluding hydrogens is 186 g/mol. The number of carbonyl (C=O) groups excluding carboxylic acids is 1. The minimum atomic E-state index is -0.508. The molecule has 0 atom stereocenters. The van der Waals surface area contributed by atoms with E-state index in [1.54, 1.807) is 6.92 Å². The minimum absolute atomic E-state index is 0.0487. The summed E-state index contributed by atoms with van der Waals surface area (Å²) < 4.78 is 4.92. The van der Waals surface area contributed by atoms with Crippen molar-refractivity contribution in [1.29, 1.82) is 0 Å². The Kier molecular flexibility index (Phi) is 2.81. The number of benzene rings is 1. The molecule has 0 spiro atoms. The molecule has 5 nitrogen and oxygen atoms in total. The first-order valence-corrected chi connectivity index (χ1v) is 3.89. The lowest BCUT2D eigenvalue weighted by Crippen LogP contribution is -1.98. The Hall–Kier alpha value is -1.91. The van der Waals surface area contributed by atoms with Crippen molar-refractivity contribution in [2.75, 3.05) is 7.11 Å². The molecule has 0 unspecified atom stereocenters. The largest absolute Gasteiger partial charge is 0.495 e. The highest BCUT2D eigenvalue weighted by molar-refractivity contribution is 5.81. The maximum atomic E-state index is 10.6. The van der Waals surface area contributed by atoms with Crippen molar-refractivity contribution in [2.24, 2.45) is 0 Å². The maximum Gasteiger partial charge on any atom is 0.276 e. The third kappa shape index (κ3) is 1.56. The molecule has 0 aliphatic heterocycles. The second-order valence-corrected chi connectivity index (χ2v) is 2.71. The molecule has 74 valence electrons. The van der Waals surface area contributed by atoms with Gasteiger partial charge in [-0.25, -0.2) is 0 Å². The van der Waals surface area contributed by atoms with Crippen LogP contribution in [0.15, 0.2) is 12.1 Å². The third-order valence-corrected chi connectivity index (χ3v) is 1.94. The molecule has 14 heavy (non-hydrogen) atoms. The molecule has 0 bridgehead atoms. The SMILES string of the molecule is COc1c(C=O)ccc([N+](=O)[O-])c1C. The molecular formula is C9H9NO4. The number of nitrogens with zero attached hydrogens (tertiary/aromatic N) is 1. The molecule has 0 amide bonds. The van der Waals surface area contributed by atoms with Crippen LogP contribution in [0.5, 0.6) is 5.75 Å². The standard InChI is InChI=1S/C9H9NO4/c1-6-8(10(12)13)4-3-7(5-11)9(6)14-2/h3-5H,1-2H3. The second-order valence-electron chi connectivity index (χ2n) is 2.71. The average Bonchev–Trinajstić information content (AvgIpc) is 2.16. The van der Waals surface area contributed by atoms with Gasteiger partial charge in [0.2, 0.25) is 0 Å². The first-order chi connectivity index (χ1) is 6.61. The number of carbonyl (C=O) groups is 1. The predicted octanol–water partition coefficient (Wildman–Crippen LogP) is 1.72. The van der Waals surface area contributed by atoms with Crippen LogP contribution >= 0.6 is 0 Å². The quantitative estimate of drug-likeness (QED) is 0.418. The zero-order chi connectivity index (χ0) is 10.7. The molecule has 0 N–H and O–H groups in total. The number of nitro benzene ring substituents is 1. The van der Waals surface area contributed by atoms with Gasteiger partial charge >= 0.3 is 0 Å². The summed E-state index contributed by atoms with van der Waals surface area (Å²) in [6.07, 6.45) is 0.607. The topological polar surface area (TPSA) is 69.4 Å². The van der Waals surface area contributed by atoms with Crippen molar-refractivity contribution >= 4 is 12.0 Å². The van der Waals surface area contributed by atoms with E-state index in [1.165, 1.54) is 19.2 Å². The van der Waals surface area contributed by atoms with Crippen molar-refractivity contribution in [1.82, 2.24) is 0 Å². The van der Waals surface area contributed by atoms with Crippen LogP contribution in [0.2, 0.25) is 0 Å². The first-order valence-electron chi connectivity index (χ1n) is 3.89. The summed E-state index contributed by atoms with van der Waals surface area (Å²) >= 11 is 0. The van der Waals surface area contributed by atoms with Gasteiger partial charge in [0.1, 0.15) is 5.75 Å². The Labute approximate surface area is 80.5 Å². The van der Waals surface area contributed by atoms with Gasteiger partial charge in [0.15, 0.2) is 6.29 Å². The van der Waals surface area contributed by atoms with E-state index in [0.717, 1.165) is 0 Å². The van der Waals surface area contributed by atoms with Crippen LogP contribution in [-0.4, -0.2) is 18.3 Å². The Morgan fingerprint density at radius 1 is 1.50 bits per heavy atom. The molecule has 0 aliphatic carbocycles. The lowest BCUT2D eigenvalue weighted by molar-refractivity contribution is -0.385. The van der Waals surface area contributed by atoms with E-state index >= 15 is 0 Å². The molecule has 1 rings (SSSR count). The summed E-state index contributed by atoms with van der Waals surface area (Å²) in [7, 11) is 1.37. The van der Waals surface area contributed by atoms with E-state index < -0.39 is 4.92 Å². The Morgan fingerprint density at radius 3 is 2.57 bits per heavy atom. The first kappa shape index (κ1) is 10.2. The molecule has 0 fully saturated rings. The van der Waals surface area contributed by atoms with E-state index in [2.05, 4.69) is 0 Å². The number of nitro groups is 1. The number of aldehydes is 1. The summed E-state index contributed by atoms with van der Waals surface area (Å²) in [5.41, 5.74) is 0.630. The van der Waals surface area contributed by atoms with Crippen molar-refractivity contribution < 1.29 is 14.5 Å². The number of hydrogen-bond acceptors (Lipinski definition) is 4. The van der Waals surface area contributed by atoms with E-state index in [-0.39, 0.29) is 11.4 Å². The minimum Gasteiger partial charge on any atom is -0.495 e. The molecule has 1 aromatic carbocycles. The third-order valence-electron chi connectivity index (χ3n) is 1.94. The summed E-state index contributed by atoms with van der Waals surface area (Å²) in [6.45, 7) is 1.55. The van der Waals surface area contributed by atoms with E-state index in [1.807, 2.05) is 0 Å². The van der Waals surface area contributed by atoms with E-state index in [0.29, 0.717) is 17.4 Å². The van der Waals surface area contributed by atoms with Crippen molar-refractivity contribution in [3.8, 4) is 5.75 Å². The molecule has 0 saturated heterocycles. The van der Waals surface area contributed by atoms with Crippen LogP contribution in [0.25, 0.3) is 0 Å². The van der Waals surface area contributed by atoms with Crippen LogP contribution in [0, 0.1) is 17.0 Å². The summed E-state index contributed by atoms with van der Waals surface area (Å²) in [5.74, 6) is 0.259. The highest BCUT2D eigenvalue weighted by Gasteiger charge is 2.17.